The number of ether oxygens (including phenoxy) is 2. The standard InChI is InChI=1S/C25H25ClFN3O6/c1-35-24(33)18(25(34)36-2)23(32)15-10-30(13-5-6-13)20-14(22(15)31)8-16(27)21(19(20)26)29-9-12-4-3-7-28-17(12)11-29/h4,8,10,13,17-18,28H,3,5-7,9,11H2,1-2H3. The molecule has 2 aromatic rings. The second-order valence-corrected chi connectivity index (χ2v) is 9.60. The second-order valence-electron chi connectivity index (χ2n) is 9.23. The Labute approximate surface area is 210 Å². The van der Waals surface area contributed by atoms with E-state index < -0.39 is 40.4 Å². The molecule has 1 unspecified atom stereocenters. The Morgan fingerprint density at radius 2 is 1.89 bits per heavy atom. The minimum Gasteiger partial charge on any atom is -0.468 e. The molecule has 1 aliphatic carbocycles. The van der Waals surface area contributed by atoms with Crippen LogP contribution in [0.5, 0.6) is 0 Å². The molecule has 1 saturated heterocycles. The molecule has 2 aliphatic heterocycles. The molecule has 11 heteroatoms. The van der Waals surface area contributed by atoms with E-state index in [-0.39, 0.29) is 28.2 Å². The predicted molar refractivity (Wildman–Crippen MR) is 130 cm³/mol. The van der Waals surface area contributed by atoms with Crippen LogP contribution in [0.2, 0.25) is 5.02 Å². The molecule has 3 aliphatic rings. The van der Waals surface area contributed by atoms with Gasteiger partial charge >= 0.3 is 11.9 Å². The zero-order chi connectivity index (χ0) is 25.7. The molecule has 9 nitrogen and oxygen atoms in total. The van der Waals surface area contributed by atoms with Crippen molar-refractivity contribution in [3.63, 3.8) is 0 Å². The Hall–Kier alpha value is -3.24. The highest BCUT2D eigenvalue weighted by molar-refractivity contribution is 6.38. The van der Waals surface area contributed by atoms with Crippen LogP contribution >= 0.6 is 11.6 Å². The van der Waals surface area contributed by atoms with Crippen molar-refractivity contribution in [1.29, 1.82) is 0 Å². The molecule has 0 bridgehead atoms. The normalized spacial score (nSPS) is 19.3. The highest BCUT2D eigenvalue weighted by atomic mass is 35.5. The van der Waals surface area contributed by atoms with Crippen LogP contribution in [0, 0.1) is 11.7 Å². The van der Waals surface area contributed by atoms with Gasteiger partial charge in [0.2, 0.25) is 5.92 Å². The number of nitrogens with zero attached hydrogens (tertiary/aromatic N) is 2. The molecule has 2 fully saturated rings. The number of hydrogen-bond acceptors (Lipinski definition) is 8. The average molecular weight is 518 g/mol. The van der Waals surface area contributed by atoms with E-state index in [4.69, 9.17) is 11.6 Å². The molecule has 1 aromatic carbocycles. The maximum absolute atomic E-state index is 15.5. The Kier molecular flexibility index (Phi) is 6.34. The molecule has 5 rings (SSSR count). The molecule has 36 heavy (non-hydrogen) atoms. The first-order chi connectivity index (χ1) is 17.3. The van der Waals surface area contributed by atoms with E-state index in [1.807, 2.05) is 4.90 Å². The van der Waals surface area contributed by atoms with Gasteiger partial charge in [-0.1, -0.05) is 17.7 Å². The monoisotopic (exact) mass is 517 g/mol. The highest BCUT2D eigenvalue weighted by Crippen LogP contribution is 2.43. The molecule has 0 spiro atoms. The largest absolute Gasteiger partial charge is 0.468 e. The summed E-state index contributed by atoms with van der Waals surface area (Å²) in [6.07, 6.45) is 5.92. The molecule has 1 aromatic heterocycles. The number of anilines is 1. The van der Waals surface area contributed by atoms with Gasteiger partial charge in [-0.25, -0.2) is 4.39 Å². The number of ketones is 1. The van der Waals surface area contributed by atoms with Crippen molar-refractivity contribution >= 4 is 45.9 Å². The van der Waals surface area contributed by atoms with Crippen molar-refractivity contribution in [3.05, 3.63) is 50.5 Å². The molecular formula is C25H25ClFN3O6. The van der Waals surface area contributed by atoms with E-state index in [0.29, 0.717) is 18.6 Å². The van der Waals surface area contributed by atoms with Crippen molar-refractivity contribution in [1.82, 2.24) is 9.88 Å². The van der Waals surface area contributed by atoms with Gasteiger partial charge in [0.1, 0.15) is 5.82 Å². The summed E-state index contributed by atoms with van der Waals surface area (Å²) in [6, 6.07) is 1.14. The molecule has 1 atom stereocenters. The van der Waals surface area contributed by atoms with E-state index in [1.165, 1.54) is 11.8 Å². The fraction of sp³-hybridized carbons (Fsp3) is 0.440. The van der Waals surface area contributed by atoms with Crippen LogP contribution in [0.15, 0.2) is 28.7 Å². The van der Waals surface area contributed by atoms with Crippen molar-refractivity contribution in [2.24, 2.45) is 5.92 Å². The first kappa shape index (κ1) is 24.5. The number of methoxy groups -OCH3 is 2. The number of nitrogens with one attached hydrogen (secondary N) is 1. The zero-order valence-corrected chi connectivity index (χ0v) is 20.6. The molecule has 0 radical (unpaired) electrons. The van der Waals surface area contributed by atoms with E-state index >= 15 is 4.39 Å². The number of pyridine rings is 1. The van der Waals surface area contributed by atoms with Crippen molar-refractivity contribution < 1.29 is 28.2 Å². The summed E-state index contributed by atoms with van der Waals surface area (Å²) in [5.41, 5.74) is 0.447. The smallest absolute Gasteiger partial charge is 0.328 e. The minimum absolute atomic E-state index is 0.0595. The van der Waals surface area contributed by atoms with Gasteiger partial charge in [-0.3, -0.25) is 19.2 Å². The third-order valence-corrected chi connectivity index (χ3v) is 7.37. The van der Waals surface area contributed by atoms with Gasteiger partial charge in [0.25, 0.3) is 0 Å². The lowest BCUT2D eigenvalue weighted by Crippen LogP contribution is -2.36. The quantitative estimate of drug-likeness (QED) is 0.269. The summed E-state index contributed by atoms with van der Waals surface area (Å²) in [5.74, 6) is -6.03. The second kappa shape index (κ2) is 9.33. The van der Waals surface area contributed by atoms with Crippen molar-refractivity contribution in [2.75, 3.05) is 38.8 Å². The number of carbonyl (C=O) groups excluding carboxylic acids is 3. The molecule has 190 valence electrons. The van der Waals surface area contributed by atoms with Gasteiger partial charge < -0.3 is 24.3 Å². The Bertz CT molecular complexity index is 1370. The molecular weight excluding hydrogens is 493 g/mol. The number of carbonyl (C=O) groups is 3. The summed E-state index contributed by atoms with van der Waals surface area (Å²) in [7, 11) is 2.04. The maximum Gasteiger partial charge on any atom is 0.328 e. The summed E-state index contributed by atoms with van der Waals surface area (Å²) in [5, 5.41) is 3.41. The minimum atomic E-state index is -1.97. The summed E-state index contributed by atoms with van der Waals surface area (Å²) in [4.78, 5) is 52.9. The SMILES string of the molecule is COC(=O)C(C(=O)OC)C(=O)c1cn(C2CC2)c2c(Cl)c(N3CC4=CCCNC4C3)c(F)cc2c1=O. The lowest BCUT2D eigenvalue weighted by Gasteiger charge is -2.23. The topological polar surface area (TPSA) is 107 Å². The van der Waals surface area contributed by atoms with Crippen LogP contribution in [0.3, 0.4) is 0 Å². The zero-order valence-electron chi connectivity index (χ0n) is 19.8. The van der Waals surface area contributed by atoms with E-state index in [2.05, 4.69) is 20.9 Å². The van der Waals surface area contributed by atoms with Crippen LogP contribution in [0.4, 0.5) is 10.1 Å². The molecule has 3 heterocycles. The van der Waals surface area contributed by atoms with Crippen LogP contribution in [-0.2, 0) is 19.1 Å². The number of benzene rings is 1. The summed E-state index contributed by atoms with van der Waals surface area (Å²) in [6.45, 7) is 1.91. The number of aromatic nitrogens is 1. The Morgan fingerprint density at radius 1 is 1.19 bits per heavy atom. The number of fused-ring (bicyclic) bond motifs is 2. The van der Waals surface area contributed by atoms with Crippen LogP contribution in [0.1, 0.15) is 35.7 Å². The van der Waals surface area contributed by atoms with Gasteiger partial charge in [0.15, 0.2) is 11.2 Å². The molecule has 1 N–H and O–H groups in total. The summed E-state index contributed by atoms with van der Waals surface area (Å²) < 4.78 is 26.4. The van der Waals surface area contributed by atoms with Gasteiger partial charge in [0, 0.05) is 31.4 Å². The first-order valence-corrected chi connectivity index (χ1v) is 12.1. The lowest BCUT2D eigenvalue weighted by atomic mass is 9.96. The fourth-order valence-electron chi connectivity index (χ4n) is 5.06. The third-order valence-electron chi connectivity index (χ3n) is 7.01. The number of Topliss-reactive ketones (excluding diaryl/α,β-unsaturated/α-hetero) is 1. The maximum atomic E-state index is 15.5. The fourth-order valence-corrected chi connectivity index (χ4v) is 5.47. The molecule has 1 saturated carbocycles. The molecule has 0 amide bonds. The van der Waals surface area contributed by atoms with Gasteiger partial charge in [-0.15, -0.1) is 0 Å². The van der Waals surface area contributed by atoms with Gasteiger partial charge in [-0.05, 0) is 37.4 Å². The lowest BCUT2D eigenvalue weighted by molar-refractivity contribution is -0.155. The predicted octanol–water partition coefficient (Wildman–Crippen LogP) is 2.38. The number of halogens is 2. The van der Waals surface area contributed by atoms with Gasteiger partial charge in [-0.2, -0.15) is 0 Å². The highest BCUT2D eigenvalue weighted by Gasteiger charge is 2.40. The number of hydrogen-bond donors (Lipinski definition) is 1. The number of rotatable bonds is 6. The van der Waals surface area contributed by atoms with Crippen LogP contribution < -0.4 is 15.6 Å². The number of esters is 2. The van der Waals surface area contributed by atoms with Crippen molar-refractivity contribution in [2.45, 2.75) is 31.3 Å². The van der Waals surface area contributed by atoms with Crippen LogP contribution in [-0.4, -0.2) is 62.2 Å². The summed E-state index contributed by atoms with van der Waals surface area (Å²) >= 11 is 6.80. The van der Waals surface area contributed by atoms with Crippen molar-refractivity contribution in [3.8, 4) is 0 Å². The van der Waals surface area contributed by atoms with E-state index in [1.54, 1.807) is 4.57 Å². The average Bonchev–Trinajstić information content (AvgIpc) is 3.62. The van der Waals surface area contributed by atoms with Gasteiger partial charge in [0.05, 0.1) is 41.4 Å². The Balaban J connectivity index is 1.66. The van der Waals surface area contributed by atoms with E-state index in [9.17, 15) is 19.2 Å². The van der Waals surface area contributed by atoms with Crippen LogP contribution in [0.25, 0.3) is 10.9 Å². The third kappa shape index (κ3) is 3.98. The Morgan fingerprint density at radius 3 is 2.50 bits per heavy atom. The van der Waals surface area contributed by atoms with E-state index in [0.717, 1.165) is 46.1 Å². The first-order valence-electron chi connectivity index (χ1n) is 11.7.